The number of hydrogen-bond acceptors (Lipinski definition) is 2. The molecule has 0 N–H and O–H groups in total. The Balaban J connectivity index is 1.32. The highest BCUT2D eigenvalue weighted by atomic mass is 14.9. The van der Waals surface area contributed by atoms with Gasteiger partial charge < -0.3 is 0 Å². The lowest BCUT2D eigenvalue weighted by atomic mass is 9.77. The van der Waals surface area contributed by atoms with Crippen LogP contribution in [0.3, 0.4) is 0 Å². The number of nitrogens with zero attached hydrogens (tertiary/aromatic N) is 2. The fraction of sp³-hybridized carbons (Fsp3) is 0.107. The van der Waals surface area contributed by atoms with E-state index in [0.29, 0.717) is 11.7 Å². The van der Waals surface area contributed by atoms with Gasteiger partial charge in [-0.3, -0.25) is 0 Å². The summed E-state index contributed by atoms with van der Waals surface area (Å²) in [5.74, 6) is 1.01. The molecule has 0 bridgehead atoms. The maximum Gasteiger partial charge on any atom is 0.160 e. The smallest absolute Gasteiger partial charge is 0.160 e. The van der Waals surface area contributed by atoms with E-state index in [1.807, 2.05) is 24.3 Å². The Kier molecular flexibility index (Phi) is 11.5. The molecule has 0 aliphatic heterocycles. The van der Waals surface area contributed by atoms with Gasteiger partial charge >= 0.3 is 0 Å². The summed E-state index contributed by atoms with van der Waals surface area (Å²) in [7, 11) is 0. The summed E-state index contributed by atoms with van der Waals surface area (Å²) < 4.78 is 0. The Morgan fingerprint density at radius 3 is 1.50 bits per heavy atom. The molecule has 0 unspecified atom stereocenters. The second-order valence-corrected chi connectivity index (χ2v) is 15.0. The predicted molar refractivity (Wildman–Crippen MR) is 247 cm³/mol. The molecule has 0 amide bonds. The molecule has 0 fully saturated rings. The van der Waals surface area contributed by atoms with Crippen LogP contribution in [0, 0.1) is 0 Å². The molecule has 7 aromatic carbocycles. The number of aromatic nitrogens is 2. The summed E-state index contributed by atoms with van der Waals surface area (Å²) in [6.07, 6.45) is 7.53. The first-order valence-electron chi connectivity index (χ1n) is 20.4. The van der Waals surface area contributed by atoms with E-state index in [2.05, 4.69) is 204 Å². The topological polar surface area (TPSA) is 25.8 Å². The van der Waals surface area contributed by atoms with Gasteiger partial charge in [-0.25, -0.2) is 9.97 Å². The summed E-state index contributed by atoms with van der Waals surface area (Å²) >= 11 is 0. The predicted octanol–water partition coefficient (Wildman–Crippen LogP) is 15.6. The SMILES string of the molecule is C/C=C\C=C(/CC)c1c(C(C)C)cc(-c2cccc(-c3cccc(-c4cc(-c5ccccc5)nc(-c5ccccc5)n4)c3)c2)c(-c2ccccc2)c1-c1ccccc1. The van der Waals surface area contributed by atoms with E-state index in [9.17, 15) is 0 Å². The summed E-state index contributed by atoms with van der Waals surface area (Å²) in [5, 5.41) is 0. The molecule has 58 heavy (non-hydrogen) atoms. The van der Waals surface area contributed by atoms with Crippen molar-refractivity contribution < 1.29 is 0 Å². The third kappa shape index (κ3) is 8.01. The van der Waals surface area contributed by atoms with Gasteiger partial charge in [0.25, 0.3) is 0 Å². The average Bonchev–Trinajstić information content (AvgIpc) is 3.30. The lowest BCUT2D eigenvalue weighted by Gasteiger charge is -2.26. The zero-order chi connectivity index (χ0) is 39.8. The zero-order valence-electron chi connectivity index (χ0n) is 33.7. The van der Waals surface area contributed by atoms with Gasteiger partial charge in [0.2, 0.25) is 0 Å². The summed E-state index contributed by atoms with van der Waals surface area (Å²) in [6, 6.07) is 64.9. The Labute approximate surface area is 344 Å². The monoisotopic (exact) mass is 748 g/mol. The van der Waals surface area contributed by atoms with Crippen LogP contribution in [-0.4, -0.2) is 9.97 Å². The average molecular weight is 749 g/mol. The molecule has 1 aromatic heterocycles. The van der Waals surface area contributed by atoms with Crippen LogP contribution in [0.2, 0.25) is 0 Å². The molecule has 0 spiro atoms. The molecule has 0 aliphatic carbocycles. The van der Waals surface area contributed by atoms with Crippen molar-refractivity contribution in [3.05, 3.63) is 211 Å². The highest BCUT2D eigenvalue weighted by Gasteiger charge is 2.24. The van der Waals surface area contributed by atoms with Crippen molar-refractivity contribution in [2.45, 2.75) is 40.0 Å². The first kappa shape index (κ1) is 38.0. The van der Waals surface area contributed by atoms with Crippen LogP contribution in [0.1, 0.15) is 51.2 Å². The van der Waals surface area contributed by atoms with E-state index < -0.39 is 0 Å². The second-order valence-electron chi connectivity index (χ2n) is 15.0. The maximum atomic E-state index is 5.14. The maximum absolute atomic E-state index is 5.14. The summed E-state index contributed by atoms with van der Waals surface area (Å²) in [4.78, 5) is 10.2. The van der Waals surface area contributed by atoms with Crippen LogP contribution < -0.4 is 0 Å². The molecule has 0 radical (unpaired) electrons. The lowest BCUT2D eigenvalue weighted by molar-refractivity contribution is 0.862. The minimum Gasteiger partial charge on any atom is -0.228 e. The van der Waals surface area contributed by atoms with Crippen LogP contribution in [0.5, 0.6) is 0 Å². The van der Waals surface area contributed by atoms with Crippen molar-refractivity contribution in [2.75, 3.05) is 0 Å². The van der Waals surface area contributed by atoms with Crippen molar-refractivity contribution in [2.24, 2.45) is 0 Å². The van der Waals surface area contributed by atoms with Crippen LogP contribution in [0.4, 0.5) is 0 Å². The van der Waals surface area contributed by atoms with Crippen LogP contribution >= 0.6 is 0 Å². The fourth-order valence-corrected chi connectivity index (χ4v) is 7.91. The molecular weight excluding hydrogens is 701 g/mol. The minimum absolute atomic E-state index is 0.302. The fourth-order valence-electron chi connectivity index (χ4n) is 7.91. The highest BCUT2D eigenvalue weighted by molar-refractivity contribution is 6.01. The van der Waals surface area contributed by atoms with E-state index in [0.717, 1.165) is 45.6 Å². The Bertz CT molecular complexity index is 2650. The minimum atomic E-state index is 0.302. The van der Waals surface area contributed by atoms with Gasteiger partial charge in [-0.2, -0.15) is 0 Å². The number of allylic oxidation sites excluding steroid dienone is 4. The number of benzene rings is 7. The third-order valence-electron chi connectivity index (χ3n) is 10.8. The van der Waals surface area contributed by atoms with Gasteiger partial charge in [0.1, 0.15) is 0 Å². The molecule has 0 saturated heterocycles. The van der Waals surface area contributed by atoms with Crippen LogP contribution in [0.15, 0.2) is 200 Å². The van der Waals surface area contributed by atoms with Crippen molar-refractivity contribution in [1.82, 2.24) is 9.97 Å². The standard InChI is InChI=1S/C56H48N2/c1-5-7-22-40(6-2)53-49(39(3)4)37-50(54(42-25-14-9-15-26-42)55(53)43-27-16-10-17-28-43)47-33-20-31-45(35-47)46-32-21-34-48(36-46)52-38-51(41-23-12-8-13-24-41)57-56(58-52)44-29-18-11-19-30-44/h5,7-39H,6H2,1-4H3/b7-5-,40-22+. The molecule has 0 aliphatic rings. The van der Waals surface area contributed by atoms with Gasteiger partial charge in [-0.1, -0.05) is 197 Å². The quantitative estimate of drug-likeness (QED) is 0.123. The first-order chi connectivity index (χ1) is 28.5. The second kappa shape index (κ2) is 17.5. The first-order valence-corrected chi connectivity index (χ1v) is 20.4. The molecule has 0 atom stereocenters. The van der Waals surface area contributed by atoms with Crippen LogP contribution in [0.25, 0.3) is 84.0 Å². The summed E-state index contributed by atoms with van der Waals surface area (Å²) in [6.45, 7) is 9.01. The third-order valence-corrected chi connectivity index (χ3v) is 10.8. The number of hydrogen-bond donors (Lipinski definition) is 0. The van der Waals surface area contributed by atoms with E-state index in [-0.39, 0.29) is 0 Å². The Morgan fingerprint density at radius 2 is 0.948 bits per heavy atom. The van der Waals surface area contributed by atoms with E-state index in [1.165, 1.54) is 50.1 Å². The zero-order valence-corrected chi connectivity index (χ0v) is 33.7. The molecule has 0 saturated carbocycles. The van der Waals surface area contributed by atoms with Crippen LogP contribution in [-0.2, 0) is 0 Å². The van der Waals surface area contributed by atoms with E-state index in [1.54, 1.807) is 0 Å². The van der Waals surface area contributed by atoms with Gasteiger partial charge in [0, 0.05) is 16.7 Å². The van der Waals surface area contributed by atoms with Crippen molar-refractivity contribution >= 4 is 5.57 Å². The summed E-state index contributed by atoms with van der Waals surface area (Å²) in [5.41, 5.74) is 18.6. The van der Waals surface area contributed by atoms with Crippen molar-refractivity contribution in [3.8, 4) is 78.4 Å². The molecule has 2 heteroatoms. The van der Waals surface area contributed by atoms with Crippen molar-refractivity contribution in [1.29, 1.82) is 0 Å². The molecule has 8 rings (SSSR count). The normalized spacial score (nSPS) is 11.7. The molecule has 1 heterocycles. The molecule has 282 valence electrons. The molecule has 2 nitrogen and oxygen atoms in total. The van der Waals surface area contributed by atoms with Gasteiger partial charge in [0.15, 0.2) is 5.82 Å². The molecular formula is C56H48N2. The van der Waals surface area contributed by atoms with Gasteiger partial charge in [-0.15, -0.1) is 0 Å². The number of rotatable bonds is 11. The largest absolute Gasteiger partial charge is 0.228 e. The Morgan fingerprint density at radius 1 is 0.483 bits per heavy atom. The van der Waals surface area contributed by atoms with E-state index in [4.69, 9.17) is 9.97 Å². The van der Waals surface area contributed by atoms with Crippen molar-refractivity contribution in [3.63, 3.8) is 0 Å². The highest BCUT2D eigenvalue weighted by Crippen LogP contribution is 2.48. The molecule has 8 aromatic rings. The van der Waals surface area contributed by atoms with Gasteiger partial charge in [0.05, 0.1) is 11.4 Å². The lowest BCUT2D eigenvalue weighted by Crippen LogP contribution is -2.04. The van der Waals surface area contributed by atoms with E-state index >= 15 is 0 Å². The Hall–Kier alpha value is -6.90. The van der Waals surface area contributed by atoms with Gasteiger partial charge in [-0.05, 0) is 105 Å².